The number of nitrogens with zero attached hydrogens (tertiary/aromatic N) is 3. The molecule has 0 aliphatic heterocycles. The molecule has 0 fully saturated rings. The van der Waals surface area contributed by atoms with Crippen LogP contribution in [0.5, 0.6) is 0 Å². The van der Waals surface area contributed by atoms with Crippen LogP contribution in [0.1, 0.15) is 12.5 Å². The van der Waals surface area contributed by atoms with Crippen LogP contribution >= 0.6 is 11.8 Å². The van der Waals surface area contributed by atoms with Crippen LogP contribution in [-0.4, -0.2) is 25.8 Å². The molecule has 2 N–H and O–H groups in total. The molecule has 20 heavy (non-hydrogen) atoms. The average Bonchev–Trinajstić information content (AvgIpc) is 2.82. The first-order chi connectivity index (χ1) is 9.58. The minimum Gasteiger partial charge on any atom is -0.369 e. The standard InChI is InChI=1S/C14H14N4OS/c1-8-7-12-16-17-14(20-9(2)13(15)19)18(12)11-6-4-3-5-10(8)11/h3-7,9H,1-2H3,(H2,15,19). The molecule has 3 aromatic rings. The Kier molecular flexibility index (Phi) is 3.10. The number of hydrogen-bond acceptors (Lipinski definition) is 4. The third-order valence-corrected chi connectivity index (χ3v) is 4.32. The number of primary amides is 1. The van der Waals surface area contributed by atoms with E-state index in [2.05, 4.69) is 23.2 Å². The Hall–Kier alpha value is -2.08. The van der Waals surface area contributed by atoms with Gasteiger partial charge >= 0.3 is 0 Å². The molecule has 102 valence electrons. The fourth-order valence-electron chi connectivity index (χ4n) is 2.17. The fraction of sp³-hybridized carbons (Fsp3) is 0.214. The molecule has 0 radical (unpaired) electrons. The monoisotopic (exact) mass is 286 g/mol. The van der Waals surface area contributed by atoms with Crippen molar-refractivity contribution in [3.8, 4) is 0 Å². The second kappa shape index (κ2) is 4.79. The number of carbonyl (C=O) groups excluding carboxylic acids is 1. The van der Waals surface area contributed by atoms with Crippen LogP contribution in [0.2, 0.25) is 0 Å². The smallest absolute Gasteiger partial charge is 0.230 e. The van der Waals surface area contributed by atoms with E-state index in [1.807, 2.05) is 28.7 Å². The van der Waals surface area contributed by atoms with E-state index < -0.39 is 0 Å². The zero-order chi connectivity index (χ0) is 14.3. The van der Waals surface area contributed by atoms with E-state index in [9.17, 15) is 4.79 Å². The first kappa shape index (κ1) is 12.9. The third kappa shape index (κ3) is 2.02. The average molecular weight is 286 g/mol. The molecule has 2 heterocycles. The number of carbonyl (C=O) groups is 1. The number of pyridine rings is 1. The molecule has 6 heteroatoms. The normalized spacial score (nSPS) is 12.9. The fourth-order valence-corrected chi connectivity index (χ4v) is 2.98. The highest BCUT2D eigenvalue weighted by Crippen LogP contribution is 2.27. The van der Waals surface area contributed by atoms with Gasteiger partial charge in [-0.1, -0.05) is 30.0 Å². The van der Waals surface area contributed by atoms with Gasteiger partial charge in [0, 0.05) is 5.39 Å². The number of thioether (sulfide) groups is 1. The van der Waals surface area contributed by atoms with E-state index in [4.69, 9.17) is 5.73 Å². The first-order valence-electron chi connectivity index (χ1n) is 6.27. The van der Waals surface area contributed by atoms with Crippen LogP contribution in [0.15, 0.2) is 35.5 Å². The summed E-state index contributed by atoms with van der Waals surface area (Å²) >= 11 is 1.32. The van der Waals surface area contributed by atoms with Gasteiger partial charge in [-0.25, -0.2) is 0 Å². The highest BCUT2D eigenvalue weighted by Gasteiger charge is 2.17. The van der Waals surface area contributed by atoms with Gasteiger partial charge in [-0.2, -0.15) is 0 Å². The maximum absolute atomic E-state index is 11.2. The molecular formula is C14H14N4OS. The topological polar surface area (TPSA) is 73.3 Å². The molecular weight excluding hydrogens is 272 g/mol. The van der Waals surface area contributed by atoms with Crippen molar-refractivity contribution in [3.63, 3.8) is 0 Å². The van der Waals surface area contributed by atoms with Crippen LogP contribution in [0, 0.1) is 6.92 Å². The summed E-state index contributed by atoms with van der Waals surface area (Å²) in [5, 5.41) is 9.84. The molecule has 1 unspecified atom stereocenters. The Morgan fingerprint density at radius 1 is 1.35 bits per heavy atom. The predicted molar refractivity (Wildman–Crippen MR) is 79.7 cm³/mol. The minimum absolute atomic E-state index is 0.345. The van der Waals surface area contributed by atoms with Gasteiger partial charge in [0.15, 0.2) is 10.8 Å². The number of aryl methyl sites for hydroxylation is 1. The number of para-hydroxylation sites is 1. The molecule has 3 rings (SSSR count). The van der Waals surface area contributed by atoms with Crippen LogP contribution in [0.3, 0.4) is 0 Å². The SMILES string of the molecule is Cc1cc2nnc(SC(C)C(N)=O)n2c2ccccc12. The molecule has 1 amide bonds. The summed E-state index contributed by atoms with van der Waals surface area (Å²) in [5.74, 6) is -0.358. The summed E-state index contributed by atoms with van der Waals surface area (Å²) in [6, 6.07) is 10.1. The summed E-state index contributed by atoms with van der Waals surface area (Å²) in [6.45, 7) is 3.82. The van der Waals surface area contributed by atoms with Crippen molar-refractivity contribution >= 4 is 34.2 Å². The van der Waals surface area contributed by atoms with Crippen LogP contribution in [0.4, 0.5) is 0 Å². The molecule has 0 saturated carbocycles. The Balaban J connectivity index is 2.25. The number of nitrogens with two attached hydrogens (primary N) is 1. The van der Waals surface area contributed by atoms with E-state index in [0.29, 0.717) is 5.16 Å². The largest absolute Gasteiger partial charge is 0.369 e. The van der Waals surface area contributed by atoms with Crippen LogP contribution in [0.25, 0.3) is 16.6 Å². The molecule has 1 aromatic carbocycles. The zero-order valence-corrected chi connectivity index (χ0v) is 12.0. The number of aromatic nitrogens is 3. The van der Waals surface area contributed by atoms with Crippen molar-refractivity contribution in [2.75, 3.05) is 0 Å². The van der Waals surface area contributed by atoms with Crippen LogP contribution < -0.4 is 5.73 Å². The van der Waals surface area contributed by atoms with Gasteiger partial charge in [0.2, 0.25) is 5.91 Å². The Bertz CT molecular complexity index is 811. The van der Waals surface area contributed by atoms with Gasteiger partial charge in [0.25, 0.3) is 0 Å². The van der Waals surface area contributed by atoms with Crippen molar-refractivity contribution in [2.45, 2.75) is 24.3 Å². The predicted octanol–water partition coefficient (Wildman–Crippen LogP) is 2.16. The van der Waals surface area contributed by atoms with E-state index in [-0.39, 0.29) is 11.2 Å². The number of hydrogen-bond donors (Lipinski definition) is 1. The first-order valence-corrected chi connectivity index (χ1v) is 7.15. The number of amides is 1. The van der Waals surface area contributed by atoms with Crippen molar-refractivity contribution in [1.29, 1.82) is 0 Å². The van der Waals surface area contributed by atoms with Gasteiger partial charge < -0.3 is 5.73 Å². The lowest BCUT2D eigenvalue weighted by Gasteiger charge is -2.08. The Morgan fingerprint density at radius 3 is 2.85 bits per heavy atom. The van der Waals surface area contributed by atoms with Crippen molar-refractivity contribution in [3.05, 3.63) is 35.9 Å². The summed E-state index contributed by atoms with van der Waals surface area (Å²) < 4.78 is 1.96. The minimum atomic E-state index is -0.358. The van der Waals surface area contributed by atoms with Crippen molar-refractivity contribution < 1.29 is 4.79 Å². The second-order valence-electron chi connectivity index (χ2n) is 4.68. The highest BCUT2D eigenvalue weighted by atomic mass is 32.2. The van der Waals surface area contributed by atoms with Crippen molar-refractivity contribution in [1.82, 2.24) is 14.6 Å². The quantitative estimate of drug-likeness (QED) is 0.749. The summed E-state index contributed by atoms with van der Waals surface area (Å²) in [4.78, 5) is 11.2. The molecule has 0 aliphatic rings. The van der Waals surface area contributed by atoms with E-state index in [1.165, 1.54) is 11.8 Å². The lowest BCUT2D eigenvalue weighted by molar-refractivity contribution is -0.117. The lowest BCUT2D eigenvalue weighted by Crippen LogP contribution is -2.22. The lowest BCUT2D eigenvalue weighted by atomic mass is 10.1. The molecule has 2 aromatic heterocycles. The zero-order valence-electron chi connectivity index (χ0n) is 11.2. The van der Waals surface area contributed by atoms with E-state index in [1.54, 1.807) is 6.92 Å². The van der Waals surface area contributed by atoms with E-state index in [0.717, 1.165) is 22.1 Å². The van der Waals surface area contributed by atoms with Gasteiger partial charge in [0.1, 0.15) is 0 Å². The number of rotatable bonds is 3. The van der Waals surface area contributed by atoms with Gasteiger partial charge in [-0.05, 0) is 31.5 Å². The number of fused-ring (bicyclic) bond motifs is 3. The van der Waals surface area contributed by atoms with Gasteiger partial charge in [-0.15, -0.1) is 10.2 Å². The van der Waals surface area contributed by atoms with Gasteiger partial charge in [-0.3, -0.25) is 9.20 Å². The maximum Gasteiger partial charge on any atom is 0.230 e. The number of benzene rings is 1. The summed E-state index contributed by atoms with van der Waals surface area (Å²) in [7, 11) is 0. The molecule has 0 spiro atoms. The Morgan fingerprint density at radius 2 is 2.10 bits per heavy atom. The molecule has 5 nitrogen and oxygen atoms in total. The highest BCUT2D eigenvalue weighted by molar-refractivity contribution is 8.00. The van der Waals surface area contributed by atoms with E-state index >= 15 is 0 Å². The summed E-state index contributed by atoms with van der Waals surface area (Å²) in [5.41, 5.74) is 8.28. The van der Waals surface area contributed by atoms with Gasteiger partial charge in [0.05, 0.1) is 10.8 Å². The summed E-state index contributed by atoms with van der Waals surface area (Å²) in [6.07, 6.45) is 0. The molecule has 0 saturated heterocycles. The third-order valence-electron chi connectivity index (χ3n) is 3.26. The Labute approximate surface area is 120 Å². The molecule has 0 aliphatic carbocycles. The molecule has 1 atom stereocenters. The maximum atomic E-state index is 11.2. The van der Waals surface area contributed by atoms with Crippen LogP contribution in [-0.2, 0) is 4.79 Å². The van der Waals surface area contributed by atoms with Crippen molar-refractivity contribution in [2.24, 2.45) is 5.73 Å². The molecule has 0 bridgehead atoms. The second-order valence-corrected chi connectivity index (χ2v) is 5.99.